The van der Waals surface area contributed by atoms with Crippen LogP contribution in [0.2, 0.25) is 0 Å². The molecule has 0 radical (unpaired) electrons. The Labute approximate surface area is 247 Å². The number of hydrogen-bond acceptors (Lipinski definition) is 3. The van der Waals surface area contributed by atoms with Gasteiger partial charge in [0, 0.05) is 16.5 Å². The summed E-state index contributed by atoms with van der Waals surface area (Å²) >= 11 is 0. The smallest absolute Gasteiger partial charge is 0.231 e. The number of fused-ring (bicyclic) bond motifs is 9. The first-order valence-electron chi connectivity index (χ1n) is 14.5. The van der Waals surface area contributed by atoms with Crippen LogP contribution in [-0.4, -0.2) is 9.97 Å². The fourth-order valence-corrected chi connectivity index (χ4v) is 6.48. The average Bonchev–Trinajstić information content (AvgIpc) is 3.47. The fourth-order valence-electron chi connectivity index (χ4n) is 6.48. The number of nitrogens with zero attached hydrogens (tertiary/aromatic N) is 2. The molecule has 0 saturated carbocycles. The van der Waals surface area contributed by atoms with Gasteiger partial charge in [-0.05, 0) is 61.6 Å². The second-order valence-corrected chi connectivity index (χ2v) is 11.0. The van der Waals surface area contributed by atoms with Crippen molar-refractivity contribution >= 4 is 54.4 Å². The van der Waals surface area contributed by atoms with Gasteiger partial charge in [0.15, 0.2) is 5.82 Å². The zero-order valence-corrected chi connectivity index (χ0v) is 23.2. The molecule has 0 bridgehead atoms. The molecule has 0 N–H and O–H groups in total. The van der Waals surface area contributed by atoms with Crippen molar-refractivity contribution in [2.24, 2.45) is 0 Å². The summed E-state index contributed by atoms with van der Waals surface area (Å²) in [5.41, 5.74) is 6.53. The van der Waals surface area contributed by atoms with Gasteiger partial charge in [-0.1, -0.05) is 127 Å². The lowest BCUT2D eigenvalue weighted by Crippen LogP contribution is -1.94. The van der Waals surface area contributed by atoms with Crippen LogP contribution in [-0.2, 0) is 0 Å². The van der Waals surface area contributed by atoms with Gasteiger partial charge in [0.05, 0.1) is 11.1 Å². The van der Waals surface area contributed by atoms with Crippen molar-refractivity contribution < 1.29 is 4.42 Å². The van der Waals surface area contributed by atoms with Crippen LogP contribution in [0.25, 0.3) is 88.2 Å². The molecule has 3 nitrogen and oxygen atoms in total. The van der Waals surface area contributed by atoms with E-state index in [0.717, 1.165) is 44.3 Å². The number of benzene rings is 7. The van der Waals surface area contributed by atoms with E-state index in [1.807, 2.05) is 36.4 Å². The summed E-state index contributed by atoms with van der Waals surface area (Å²) in [4.78, 5) is 10.1. The summed E-state index contributed by atoms with van der Waals surface area (Å²) in [5.74, 6) is 0.643. The lowest BCUT2D eigenvalue weighted by Gasteiger charge is -2.12. The highest BCUT2D eigenvalue weighted by atomic mass is 16.3. The molecule has 0 aliphatic rings. The second kappa shape index (κ2) is 9.37. The minimum Gasteiger partial charge on any atom is -0.438 e. The van der Waals surface area contributed by atoms with Crippen molar-refractivity contribution in [3.63, 3.8) is 0 Å². The Morgan fingerprint density at radius 1 is 0.372 bits per heavy atom. The number of para-hydroxylation sites is 1. The number of furan rings is 1. The molecule has 0 aliphatic carbocycles. The molecule has 2 heterocycles. The molecule has 9 aromatic rings. The molecule has 0 fully saturated rings. The predicted molar refractivity (Wildman–Crippen MR) is 178 cm³/mol. The van der Waals surface area contributed by atoms with E-state index in [9.17, 15) is 0 Å². The van der Waals surface area contributed by atoms with E-state index in [-0.39, 0.29) is 0 Å². The highest BCUT2D eigenvalue weighted by Crippen LogP contribution is 2.39. The summed E-state index contributed by atoms with van der Waals surface area (Å²) in [5, 5.41) is 9.58. The van der Waals surface area contributed by atoms with Crippen LogP contribution in [0.15, 0.2) is 150 Å². The van der Waals surface area contributed by atoms with Gasteiger partial charge >= 0.3 is 0 Å². The van der Waals surface area contributed by atoms with Gasteiger partial charge in [-0.15, -0.1) is 0 Å². The van der Waals surface area contributed by atoms with E-state index in [1.165, 1.54) is 32.3 Å². The van der Waals surface area contributed by atoms with E-state index in [4.69, 9.17) is 14.4 Å². The summed E-state index contributed by atoms with van der Waals surface area (Å²) in [6.45, 7) is 0. The Morgan fingerprint density at radius 2 is 0.930 bits per heavy atom. The van der Waals surface area contributed by atoms with Crippen LogP contribution < -0.4 is 0 Å². The number of hydrogen-bond donors (Lipinski definition) is 0. The van der Waals surface area contributed by atoms with Gasteiger partial charge in [-0.3, -0.25) is 0 Å². The lowest BCUT2D eigenvalue weighted by molar-refractivity contribution is 0.653. The number of aromatic nitrogens is 2. The monoisotopic (exact) mass is 548 g/mol. The summed E-state index contributed by atoms with van der Waals surface area (Å²) in [6, 6.07) is 51.0. The zero-order valence-electron chi connectivity index (χ0n) is 23.2. The van der Waals surface area contributed by atoms with Crippen LogP contribution in [0.3, 0.4) is 0 Å². The zero-order chi connectivity index (χ0) is 28.3. The maximum Gasteiger partial charge on any atom is 0.231 e. The summed E-state index contributed by atoms with van der Waals surface area (Å²) in [6.07, 6.45) is 0. The topological polar surface area (TPSA) is 38.9 Å². The maximum absolute atomic E-state index is 6.26. The van der Waals surface area contributed by atoms with Crippen molar-refractivity contribution in [1.82, 2.24) is 9.97 Å². The van der Waals surface area contributed by atoms with Crippen LogP contribution in [0, 0.1) is 0 Å². The van der Waals surface area contributed by atoms with Crippen LogP contribution in [0.4, 0.5) is 0 Å². The second-order valence-electron chi connectivity index (χ2n) is 11.0. The lowest BCUT2D eigenvalue weighted by atomic mass is 9.92. The molecular weight excluding hydrogens is 524 g/mol. The summed E-state index contributed by atoms with van der Waals surface area (Å²) < 4.78 is 6.26. The van der Waals surface area contributed by atoms with Gasteiger partial charge in [0.1, 0.15) is 5.58 Å². The van der Waals surface area contributed by atoms with Crippen molar-refractivity contribution in [3.05, 3.63) is 146 Å². The highest BCUT2D eigenvalue weighted by Gasteiger charge is 2.18. The highest BCUT2D eigenvalue weighted by molar-refractivity contribution is 6.25. The quantitative estimate of drug-likeness (QED) is 0.206. The normalized spacial score (nSPS) is 11.7. The van der Waals surface area contributed by atoms with Crippen molar-refractivity contribution in [2.75, 3.05) is 0 Å². The molecule has 2 aromatic heterocycles. The van der Waals surface area contributed by atoms with E-state index < -0.39 is 0 Å². The van der Waals surface area contributed by atoms with Crippen molar-refractivity contribution in [2.45, 2.75) is 0 Å². The van der Waals surface area contributed by atoms with Gasteiger partial charge in [-0.25, -0.2) is 4.98 Å². The Kier molecular flexibility index (Phi) is 5.20. The Bertz CT molecular complexity index is 2470. The van der Waals surface area contributed by atoms with Gasteiger partial charge < -0.3 is 4.42 Å². The average molecular weight is 549 g/mol. The Morgan fingerprint density at radius 3 is 1.67 bits per heavy atom. The molecule has 0 unspecified atom stereocenters. The molecule has 3 heteroatoms. The molecule has 0 amide bonds. The summed E-state index contributed by atoms with van der Waals surface area (Å²) in [7, 11) is 0. The molecule has 43 heavy (non-hydrogen) atoms. The third-order valence-electron chi connectivity index (χ3n) is 8.48. The molecule has 0 spiro atoms. The molecule has 0 saturated heterocycles. The maximum atomic E-state index is 6.26. The largest absolute Gasteiger partial charge is 0.438 e. The van der Waals surface area contributed by atoms with Crippen molar-refractivity contribution in [1.29, 1.82) is 0 Å². The van der Waals surface area contributed by atoms with Gasteiger partial charge in [-0.2, -0.15) is 4.98 Å². The number of rotatable bonds is 3. The third-order valence-corrected chi connectivity index (χ3v) is 8.48. The first-order valence-corrected chi connectivity index (χ1v) is 14.5. The van der Waals surface area contributed by atoms with Crippen LogP contribution in [0.5, 0.6) is 0 Å². The Balaban J connectivity index is 1.24. The molecule has 0 atom stereocenters. The molecule has 7 aromatic carbocycles. The van der Waals surface area contributed by atoms with Crippen LogP contribution in [0.1, 0.15) is 0 Å². The fraction of sp³-hybridized carbons (Fsp3) is 0. The Hall–Kier alpha value is -5.80. The van der Waals surface area contributed by atoms with Gasteiger partial charge in [0.25, 0.3) is 0 Å². The van der Waals surface area contributed by atoms with E-state index in [2.05, 4.69) is 109 Å². The molecule has 200 valence electrons. The molecule has 0 aliphatic heterocycles. The SMILES string of the molecule is c1ccc(-c2nc(-c3cccc(-c4ccc5c6ccccc6c6ccccc6c5c4)c3)nc3oc4ccccc4c23)cc1. The van der Waals surface area contributed by atoms with Crippen LogP contribution >= 0.6 is 0 Å². The first kappa shape index (κ1) is 23.9. The first-order chi connectivity index (χ1) is 21.3. The minimum absolute atomic E-state index is 0.597. The predicted octanol–water partition coefficient (Wildman–Crippen LogP) is 10.8. The molecular formula is C40H24N2O. The van der Waals surface area contributed by atoms with Crippen molar-refractivity contribution in [3.8, 4) is 33.8 Å². The third kappa shape index (κ3) is 3.75. The van der Waals surface area contributed by atoms with Gasteiger partial charge in [0.2, 0.25) is 5.71 Å². The van der Waals surface area contributed by atoms with E-state index in [1.54, 1.807) is 0 Å². The minimum atomic E-state index is 0.597. The van der Waals surface area contributed by atoms with E-state index in [0.29, 0.717) is 11.5 Å². The van der Waals surface area contributed by atoms with E-state index >= 15 is 0 Å². The molecule has 9 rings (SSSR count). The standard InChI is InChI=1S/C40H24N2O/c1-2-11-25(12-3-1)38-37-34-19-8-9-20-36(34)43-40(37)42-39(41-38)28-14-10-13-26(23-28)27-21-22-33-31-17-5-4-15-29(31)30-16-6-7-18-32(30)35(33)24-27/h1-24H.